The van der Waals surface area contributed by atoms with Crippen LogP contribution in [0.3, 0.4) is 0 Å². The normalized spacial score (nSPS) is 12.2. The number of hydrogen-bond donors (Lipinski definition) is 1. The third-order valence-electron chi connectivity index (χ3n) is 5.91. The van der Waals surface area contributed by atoms with Crippen molar-refractivity contribution in [1.82, 2.24) is 20.2 Å². The molecule has 0 aliphatic heterocycles. The molecule has 0 radical (unpaired) electrons. The fourth-order valence-electron chi connectivity index (χ4n) is 3.70. The van der Waals surface area contributed by atoms with Gasteiger partial charge in [-0.3, -0.25) is 9.36 Å². The van der Waals surface area contributed by atoms with E-state index in [9.17, 15) is 18.0 Å². The van der Waals surface area contributed by atoms with Crippen molar-refractivity contribution >= 4 is 23.9 Å². The number of rotatable bonds is 7. The van der Waals surface area contributed by atoms with Crippen LogP contribution >= 0.6 is 11.8 Å². The van der Waals surface area contributed by atoms with Gasteiger partial charge in [0.25, 0.3) is 5.91 Å². The highest BCUT2D eigenvalue weighted by molar-refractivity contribution is 7.99. The molecule has 3 aromatic carbocycles. The lowest BCUT2D eigenvalue weighted by atomic mass is 9.87. The second kappa shape index (κ2) is 11.4. The quantitative estimate of drug-likeness (QED) is 0.156. The largest absolute Gasteiger partial charge is 0.416 e. The van der Waals surface area contributed by atoms with Crippen molar-refractivity contribution in [2.75, 3.05) is 5.75 Å². The average molecular weight is 552 g/mol. The number of nitrogens with one attached hydrogen (secondary N) is 1. The molecule has 0 bridgehead atoms. The zero-order valence-corrected chi connectivity index (χ0v) is 22.8. The molecule has 202 valence electrons. The van der Waals surface area contributed by atoms with Gasteiger partial charge in [0.1, 0.15) is 0 Å². The second-order valence-corrected chi connectivity index (χ2v) is 10.9. The maximum Gasteiger partial charge on any atom is 0.416 e. The Morgan fingerprint density at radius 2 is 1.54 bits per heavy atom. The highest BCUT2D eigenvalue weighted by Gasteiger charge is 2.29. The molecule has 1 heterocycles. The number of aryl methyl sites for hydroxylation is 1. The third-order valence-corrected chi connectivity index (χ3v) is 6.84. The van der Waals surface area contributed by atoms with Crippen molar-refractivity contribution in [3.63, 3.8) is 0 Å². The van der Waals surface area contributed by atoms with Gasteiger partial charge in [-0.05, 0) is 47.7 Å². The summed E-state index contributed by atoms with van der Waals surface area (Å²) in [5, 5.41) is 13.2. The highest BCUT2D eigenvalue weighted by atomic mass is 32.2. The van der Waals surface area contributed by atoms with Crippen LogP contribution in [0.5, 0.6) is 0 Å². The van der Waals surface area contributed by atoms with Crippen molar-refractivity contribution in [3.8, 4) is 17.1 Å². The van der Waals surface area contributed by atoms with Crippen molar-refractivity contribution in [1.29, 1.82) is 0 Å². The minimum absolute atomic E-state index is 0.0112. The van der Waals surface area contributed by atoms with Crippen LogP contribution in [0.15, 0.2) is 83.1 Å². The van der Waals surface area contributed by atoms with E-state index in [1.54, 1.807) is 0 Å². The van der Waals surface area contributed by atoms with E-state index in [4.69, 9.17) is 0 Å². The molecule has 0 saturated carbocycles. The Bertz CT molecular complexity index is 1450. The van der Waals surface area contributed by atoms with Gasteiger partial charge in [-0.15, -0.1) is 10.2 Å². The van der Waals surface area contributed by atoms with E-state index in [2.05, 4.69) is 53.6 Å². The maximum atomic E-state index is 12.7. The number of aromatic nitrogens is 3. The number of carbonyl (C=O) groups excluding carboxylic acids is 1. The van der Waals surface area contributed by atoms with Gasteiger partial charge in [0.2, 0.25) is 0 Å². The first kappa shape index (κ1) is 28.1. The first-order valence-corrected chi connectivity index (χ1v) is 13.2. The summed E-state index contributed by atoms with van der Waals surface area (Å²) in [5.74, 6) is 0.275. The number of nitrogens with zero attached hydrogens (tertiary/aromatic N) is 4. The Morgan fingerprint density at radius 3 is 2.13 bits per heavy atom. The first-order valence-electron chi connectivity index (χ1n) is 12.2. The highest BCUT2D eigenvalue weighted by Crippen LogP contribution is 2.31. The van der Waals surface area contributed by atoms with Crippen LogP contribution in [0, 0.1) is 6.92 Å². The minimum Gasteiger partial charge on any atom is -0.272 e. The van der Waals surface area contributed by atoms with E-state index in [0.717, 1.165) is 28.9 Å². The molecular formula is C29H28F3N5OS. The molecule has 0 aliphatic rings. The van der Waals surface area contributed by atoms with Crippen LogP contribution in [0.2, 0.25) is 0 Å². The fourth-order valence-corrected chi connectivity index (χ4v) is 4.44. The molecule has 0 fully saturated rings. The van der Waals surface area contributed by atoms with Gasteiger partial charge < -0.3 is 0 Å². The number of thioether (sulfide) groups is 1. The third kappa shape index (κ3) is 7.14. The minimum atomic E-state index is -4.41. The second-order valence-electron chi connectivity index (χ2n) is 10.0. The molecule has 10 heteroatoms. The first-order chi connectivity index (χ1) is 18.4. The molecule has 0 aliphatic carbocycles. The number of benzene rings is 3. The number of carbonyl (C=O) groups is 1. The molecule has 1 N–H and O–H groups in total. The van der Waals surface area contributed by atoms with E-state index in [1.165, 1.54) is 35.7 Å². The summed E-state index contributed by atoms with van der Waals surface area (Å²) >= 11 is 1.21. The zero-order valence-electron chi connectivity index (χ0n) is 22.0. The SMILES string of the molecule is Cc1ccc(-n2c(SCC(=O)N/N=C/c3ccc(C(F)(F)F)cc3)nnc2-c2ccc(C(C)(C)C)cc2)cc1. The average Bonchev–Trinajstić information content (AvgIpc) is 3.31. The summed E-state index contributed by atoms with van der Waals surface area (Å²) < 4.78 is 40.0. The molecule has 6 nitrogen and oxygen atoms in total. The van der Waals surface area contributed by atoms with E-state index >= 15 is 0 Å². The summed E-state index contributed by atoms with van der Waals surface area (Å²) in [6, 6.07) is 20.7. The molecule has 39 heavy (non-hydrogen) atoms. The molecule has 4 aromatic rings. The Labute approximate surface area is 229 Å². The number of hydrogen-bond acceptors (Lipinski definition) is 5. The molecule has 4 rings (SSSR count). The number of halogens is 3. The van der Waals surface area contributed by atoms with Crippen molar-refractivity contribution in [2.45, 2.75) is 44.4 Å². The lowest BCUT2D eigenvalue weighted by Gasteiger charge is -2.19. The summed E-state index contributed by atoms with van der Waals surface area (Å²) in [5.41, 5.74) is 6.18. The number of alkyl halides is 3. The van der Waals surface area contributed by atoms with Gasteiger partial charge in [0, 0.05) is 11.3 Å². The van der Waals surface area contributed by atoms with Crippen molar-refractivity contribution in [2.24, 2.45) is 5.10 Å². The Hall–Kier alpha value is -3.92. The smallest absolute Gasteiger partial charge is 0.272 e. The topological polar surface area (TPSA) is 72.2 Å². The Balaban J connectivity index is 1.49. The van der Waals surface area contributed by atoms with Crippen LogP contribution in [-0.4, -0.2) is 32.6 Å². The van der Waals surface area contributed by atoms with Gasteiger partial charge in [-0.1, -0.05) is 86.6 Å². The van der Waals surface area contributed by atoms with E-state index in [1.807, 2.05) is 47.9 Å². The molecule has 1 aromatic heterocycles. The van der Waals surface area contributed by atoms with Gasteiger partial charge in [0.05, 0.1) is 17.5 Å². The van der Waals surface area contributed by atoms with Gasteiger partial charge in [-0.25, -0.2) is 5.43 Å². The monoisotopic (exact) mass is 551 g/mol. The summed E-state index contributed by atoms with van der Waals surface area (Å²) in [7, 11) is 0. The van der Waals surface area contributed by atoms with Crippen molar-refractivity contribution in [3.05, 3.63) is 95.1 Å². The van der Waals surface area contributed by atoms with Gasteiger partial charge >= 0.3 is 6.18 Å². The van der Waals surface area contributed by atoms with Crippen molar-refractivity contribution < 1.29 is 18.0 Å². The maximum absolute atomic E-state index is 12.7. The molecule has 0 unspecified atom stereocenters. The lowest BCUT2D eigenvalue weighted by molar-refractivity contribution is -0.137. The summed E-state index contributed by atoms with van der Waals surface area (Å²) in [4.78, 5) is 12.4. The summed E-state index contributed by atoms with van der Waals surface area (Å²) in [6.45, 7) is 8.48. The van der Waals surface area contributed by atoms with Crippen LogP contribution in [0.4, 0.5) is 13.2 Å². The zero-order chi connectivity index (χ0) is 28.2. The predicted molar refractivity (Wildman–Crippen MR) is 148 cm³/mol. The Kier molecular flexibility index (Phi) is 8.25. The van der Waals surface area contributed by atoms with Crippen LogP contribution in [0.1, 0.15) is 43.0 Å². The van der Waals surface area contributed by atoms with E-state index < -0.39 is 17.6 Å². The fraction of sp³-hybridized carbons (Fsp3) is 0.241. The number of hydrazone groups is 1. The van der Waals surface area contributed by atoms with E-state index in [0.29, 0.717) is 16.5 Å². The standard InChI is InChI=1S/C29H28F3N5OS/c1-19-5-15-24(16-6-19)37-26(21-9-13-22(14-10-21)28(2,3)4)35-36-27(37)39-18-25(38)34-33-17-20-7-11-23(12-8-20)29(30,31)32/h5-17H,18H2,1-4H3,(H,34,38)/b33-17+. The lowest BCUT2D eigenvalue weighted by Crippen LogP contribution is -2.20. The predicted octanol–water partition coefficient (Wildman–Crippen LogP) is 6.80. The number of amides is 1. The van der Waals surface area contributed by atoms with Gasteiger partial charge in [-0.2, -0.15) is 18.3 Å². The molecular weight excluding hydrogens is 523 g/mol. The van der Waals surface area contributed by atoms with E-state index in [-0.39, 0.29) is 11.2 Å². The molecule has 0 saturated heterocycles. The molecule has 0 spiro atoms. The summed E-state index contributed by atoms with van der Waals surface area (Å²) in [6.07, 6.45) is -3.12. The molecule has 1 amide bonds. The van der Waals surface area contributed by atoms with Crippen LogP contribution in [0.25, 0.3) is 17.1 Å². The Morgan fingerprint density at radius 1 is 0.923 bits per heavy atom. The molecule has 0 atom stereocenters. The van der Waals surface area contributed by atoms with Crippen LogP contribution < -0.4 is 5.43 Å². The van der Waals surface area contributed by atoms with Crippen LogP contribution in [-0.2, 0) is 16.4 Å². The van der Waals surface area contributed by atoms with Gasteiger partial charge in [0.15, 0.2) is 11.0 Å².